The third-order valence-corrected chi connectivity index (χ3v) is 3.94. The lowest BCUT2D eigenvalue weighted by Crippen LogP contribution is -2.44. The van der Waals surface area contributed by atoms with Crippen molar-refractivity contribution in [1.82, 2.24) is 19.8 Å². The third-order valence-electron chi connectivity index (χ3n) is 3.94. The number of fused-ring (bicyclic) bond motifs is 1. The minimum atomic E-state index is 0.761. The fourth-order valence-electron chi connectivity index (χ4n) is 2.79. The molecule has 0 atom stereocenters. The third kappa shape index (κ3) is 3.47. The van der Waals surface area contributed by atoms with E-state index in [-0.39, 0.29) is 0 Å². The molecule has 0 fully saturated rings. The van der Waals surface area contributed by atoms with Crippen molar-refractivity contribution in [3.63, 3.8) is 0 Å². The summed E-state index contributed by atoms with van der Waals surface area (Å²) < 4.78 is 2.05. The van der Waals surface area contributed by atoms with Gasteiger partial charge in [0.05, 0.1) is 12.9 Å². The molecule has 0 aliphatic carbocycles. The Balaban J connectivity index is 1.66. The minimum Gasteiger partial charge on any atom is -0.357 e. The van der Waals surface area contributed by atoms with Crippen LogP contribution >= 0.6 is 0 Å². The largest absolute Gasteiger partial charge is 0.357 e. The van der Waals surface area contributed by atoms with Crippen molar-refractivity contribution in [2.24, 2.45) is 4.99 Å². The highest BCUT2D eigenvalue weighted by molar-refractivity contribution is 5.80. The van der Waals surface area contributed by atoms with Crippen LogP contribution in [0.4, 0.5) is 0 Å². The molecule has 2 heterocycles. The van der Waals surface area contributed by atoms with Crippen LogP contribution in [0.5, 0.6) is 0 Å². The Kier molecular flexibility index (Phi) is 4.73. The van der Waals surface area contributed by atoms with Crippen molar-refractivity contribution in [2.75, 3.05) is 19.6 Å². The molecule has 5 heteroatoms. The van der Waals surface area contributed by atoms with E-state index in [1.54, 1.807) is 6.20 Å². The molecule has 116 valence electrons. The maximum atomic E-state index is 4.77. The summed E-state index contributed by atoms with van der Waals surface area (Å²) in [6.07, 6.45) is 6.69. The summed E-state index contributed by atoms with van der Waals surface area (Å²) in [6.45, 7) is 6.59. The molecule has 2 aromatic rings. The maximum absolute atomic E-state index is 4.77. The molecule has 1 aromatic carbocycles. The van der Waals surface area contributed by atoms with Gasteiger partial charge in [0.15, 0.2) is 5.96 Å². The van der Waals surface area contributed by atoms with Gasteiger partial charge in [0.25, 0.3) is 0 Å². The van der Waals surface area contributed by atoms with Crippen LogP contribution in [0.2, 0.25) is 0 Å². The molecule has 3 rings (SSSR count). The molecular weight excluding hydrogens is 274 g/mol. The summed E-state index contributed by atoms with van der Waals surface area (Å²) in [5, 5.41) is 3.41. The molecule has 5 nitrogen and oxygen atoms in total. The molecule has 0 saturated carbocycles. The van der Waals surface area contributed by atoms with Crippen molar-refractivity contribution in [2.45, 2.75) is 26.4 Å². The van der Waals surface area contributed by atoms with Crippen LogP contribution < -0.4 is 5.32 Å². The van der Waals surface area contributed by atoms with Gasteiger partial charge in [0.1, 0.15) is 0 Å². The molecule has 1 aromatic heterocycles. The van der Waals surface area contributed by atoms with E-state index >= 15 is 0 Å². The summed E-state index contributed by atoms with van der Waals surface area (Å²) in [7, 11) is 0. The Hall–Kier alpha value is -2.30. The highest BCUT2D eigenvalue weighted by atomic mass is 15.3. The van der Waals surface area contributed by atoms with E-state index in [2.05, 4.69) is 51.0 Å². The predicted molar refractivity (Wildman–Crippen MR) is 88.8 cm³/mol. The van der Waals surface area contributed by atoms with Gasteiger partial charge in [0, 0.05) is 38.6 Å². The zero-order valence-corrected chi connectivity index (χ0v) is 13.1. The molecule has 0 unspecified atom stereocenters. The Morgan fingerprint density at radius 2 is 2.18 bits per heavy atom. The van der Waals surface area contributed by atoms with Gasteiger partial charge >= 0.3 is 0 Å². The normalized spacial score (nSPS) is 14.8. The average molecular weight is 297 g/mol. The molecule has 1 N–H and O–H groups in total. The Morgan fingerprint density at radius 3 is 2.95 bits per heavy atom. The van der Waals surface area contributed by atoms with Crippen molar-refractivity contribution >= 4 is 5.96 Å². The lowest BCUT2D eigenvalue weighted by Gasteiger charge is -2.31. The zero-order valence-electron chi connectivity index (χ0n) is 13.1. The lowest BCUT2D eigenvalue weighted by molar-refractivity contribution is 0.378. The second kappa shape index (κ2) is 7.11. The molecule has 1 aliphatic rings. The van der Waals surface area contributed by atoms with Gasteiger partial charge in [0.2, 0.25) is 0 Å². The van der Waals surface area contributed by atoms with E-state index in [9.17, 15) is 0 Å². The van der Waals surface area contributed by atoms with Gasteiger partial charge in [-0.25, -0.2) is 4.98 Å². The van der Waals surface area contributed by atoms with Gasteiger partial charge in [-0.3, -0.25) is 4.99 Å². The second-order valence-electron chi connectivity index (χ2n) is 5.48. The van der Waals surface area contributed by atoms with Crippen molar-refractivity contribution in [3.05, 3.63) is 54.1 Å². The zero-order chi connectivity index (χ0) is 15.2. The SMILES string of the molecule is CCNC(=NCCn1ccnc1)N1CCc2ccccc2C1. The number of nitrogens with one attached hydrogen (secondary N) is 1. The number of guanidine groups is 1. The number of aromatic nitrogens is 2. The van der Waals surface area contributed by atoms with Crippen LogP contribution in [0.1, 0.15) is 18.1 Å². The standard InChI is InChI=1S/C17H23N5/c1-2-19-17(20-9-12-21-11-8-18-14-21)22-10-7-15-5-3-4-6-16(15)13-22/h3-6,8,11,14H,2,7,9-10,12-13H2,1H3,(H,19,20). The van der Waals surface area contributed by atoms with Gasteiger partial charge in [-0.15, -0.1) is 0 Å². The van der Waals surface area contributed by atoms with Crippen LogP contribution in [0.15, 0.2) is 48.0 Å². The van der Waals surface area contributed by atoms with Crippen LogP contribution in [0, 0.1) is 0 Å². The maximum Gasteiger partial charge on any atom is 0.194 e. The Morgan fingerprint density at radius 1 is 1.32 bits per heavy atom. The van der Waals surface area contributed by atoms with Crippen LogP contribution in [0.25, 0.3) is 0 Å². The van der Waals surface area contributed by atoms with E-state index in [0.717, 1.165) is 45.1 Å². The average Bonchev–Trinajstić information content (AvgIpc) is 3.07. The number of hydrogen-bond acceptors (Lipinski definition) is 2. The van der Waals surface area contributed by atoms with E-state index < -0.39 is 0 Å². The van der Waals surface area contributed by atoms with Crippen LogP contribution in [0.3, 0.4) is 0 Å². The first-order valence-electron chi connectivity index (χ1n) is 7.92. The number of rotatable bonds is 4. The Bertz CT molecular complexity index is 618. The lowest BCUT2D eigenvalue weighted by atomic mass is 10.0. The number of imidazole rings is 1. The van der Waals surface area contributed by atoms with E-state index in [4.69, 9.17) is 4.99 Å². The van der Waals surface area contributed by atoms with Crippen molar-refractivity contribution < 1.29 is 0 Å². The van der Waals surface area contributed by atoms with Crippen molar-refractivity contribution in [1.29, 1.82) is 0 Å². The first-order chi connectivity index (χ1) is 10.9. The first-order valence-corrected chi connectivity index (χ1v) is 7.92. The second-order valence-corrected chi connectivity index (χ2v) is 5.48. The van der Waals surface area contributed by atoms with Gasteiger partial charge in [-0.1, -0.05) is 24.3 Å². The van der Waals surface area contributed by atoms with Crippen LogP contribution in [-0.4, -0.2) is 40.0 Å². The number of hydrogen-bond donors (Lipinski definition) is 1. The molecule has 22 heavy (non-hydrogen) atoms. The van der Waals surface area contributed by atoms with E-state index in [1.165, 1.54) is 11.1 Å². The molecule has 1 aliphatic heterocycles. The Labute approximate surface area is 131 Å². The first kappa shape index (κ1) is 14.6. The van der Waals surface area contributed by atoms with Crippen molar-refractivity contribution in [3.8, 4) is 0 Å². The number of nitrogens with zero attached hydrogens (tertiary/aromatic N) is 4. The summed E-state index contributed by atoms with van der Waals surface area (Å²) in [5.74, 6) is 1.01. The molecule has 0 spiro atoms. The summed E-state index contributed by atoms with van der Waals surface area (Å²) >= 11 is 0. The van der Waals surface area contributed by atoms with E-state index in [1.807, 2.05) is 12.5 Å². The fourth-order valence-corrected chi connectivity index (χ4v) is 2.79. The number of benzene rings is 1. The van der Waals surface area contributed by atoms with Gasteiger partial charge in [-0.05, 0) is 24.5 Å². The smallest absolute Gasteiger partial charge is 0.194 e. The molecule has 0 bridgehead atoms. The quantitative estimate of drug-likeness (QED) is 0.692. The molecule has 0 amide bonds. The van der Waals surface area contributed by atoms with Gasteiger partial charge < -0.3 is 14.8 Å². The van der Waals surface area contributed by atoms with Gasteiger partial charge in [-0.2, -0.15) is 0 Å². The molecule has 0 saturated heterocycles. The minimum absolute atomic E-state index is 0.761. The fraction of sp³-hybridized carbons (Fsp3) is 0.412. The van der Waals surface area contributed by atoms with E-state index in [0.29, 0.717) is 0 Å². The predicted octanol–water partition coefficient (Wildman–Crippen LogP) is 1.91. The summed E-state index contributed by atoms with van der Waals surface area (Å²) in [6, 6.07) is 8.69. The molecule has 0 radical (unpaired) electrons. The monoisotopic (exact) mass is 297 g/mol. The summed E-state index contributed by atoms with van der Waals surface area (Å²) in [5.41, 5.74) is 2.88. The molecular formula is C17H23N5. The van der Waals surface area contributed by atoms with Crippen LogP contribution in [-0.2, 0) is 19.5 Å². The topological polar surface area (TPSA) is 45.5 Å². The summed E-state index contributed by atoms with van der Waals surface area (Å²) in [4.78, 5) is 11.2. The number of aliphatic imine (C=N–C) groups is 1. The highest BCUT2D eigenvalue weighted by Crippen LogP contribution is 2.18. The highest BCUT2D eigenvalue weighted by Gasteiger charge is 2.18.